The van der Waals surface area contributed by atoms with Gasteiger partial charge in [-0.3, -0.25) is 19.5 Å². The zero-order valence-corrected chi connectivity index (χ0v) is 18.2. The molecule has 34 heavy (non-hydrogen) atoms. The van der Waals surface area contributed by atoms with Gasteiger partial charge in [0.25, 0.3) is 0 Å². The number of aliphatic hydroxyl groups excluding tert-OH is 1. The molecule has 9 nitrogen and oxygen atoms in total. The van der Waals surface area contributed by atoms with E-state index in [-0.39, 0.29) is 11.3 Å². The number of aryl methyl sites for hydroxylation is 2. The highest BCUT2D eigenvalue weighted by molar-refractivity contribution is 5.67. The third kappa shape index (κ3) is 5.95. The van der Waals surface area contributed by atoms with E-state index >= 15 is 0 Å². The number of nitro groups is 1. The molecular weight excluding hydrogens is 460 g/mol. The molecule has 0 spiro atoms. The fourth-order valence-corrected chi connectivity index (χ4v) is 2.79. The number of benzene rings is 2. The number of rotatable bonds is 3. The number of hydrogen-bond acceptors (Lipinski definition) is 6. The number of nitrogens with zero attached hydrogens (tertiary/aromatic N) is 5. The topological polar surface area (TPSA) is 125 Å². The Morgan fingerprint density at radius 2 is 1.26 bits per heavy atom. The highest BCUT2D eigenvalue weighted by Crippen LogP contribution is 2.28. The Labute approximate surface area is 190 Å². The molecule has 0 saturated heterocycles. The van der Waals surface area contributed by atoms with Gasteiger partial charge >= 0.3 is 5.69 Å². The van der Waals surface area contributed by atoms with E-state index in [0.29, 0.717) is 16.7 Å². The number of nitrogens with two attached hydrogens (primary N) is 1. The molecular formula is C21H20F4N6O3. The van der Waals surface area contributed by atoms with Crippen molar-refractivity contribution in [2.75, 3.05) is 12.8 Å². The molecule has 180 valence electrons. The van der Waals surface area contributed by atoms with Crippen molar-refractivity contribution in [2.24, 2.45) is 14.1 Å². The minimum atomic E-state index is -1.46. The lowest BCUT2D eigenvalue weighted by Gasteiger charge is -2.02. The minimum absolute atomic E-state index is 0.200. The Balaban J connectivity index is 0.000000225. The Morgan fingerprint density at radius 1 is 0.824 bits per heavy atom. The molecule has 0 aliphatic heterocycles. The Hall–Kier alpha value is -4.26. The van der Waals surface area contributed by atoms with Crippen molar-refractivity contribution in [1.29, 1.82) is 0 Å². The maximum absolute atomic E-state index is 13.2. The van der Waals surface area contributed by atoms with Gasteiger partial charge in [-0.05, 0) is 29.3 Å². The molecule has 13 heteroatoms. The third-order valence-corrected chi connectivity index (χ3v) is 4.34. The van der Waals surface area contributed by atoms with Crippen LogP contribution in [0, 0.1) is 33.4 Å². The minimum Gasteiger partial charge on any atom is -0.400 e. The average molecular weight is 480 g/mol. The van der Waals surface area contributed by atoms with Crippen molar-refractivity contribution in [3.8, 4) is 22.3 Å². The van der Waals surface area contributed by atoms with Gasteiger partial charge in [-0.2, -0.15) is 14.6 Å². The predicted octanol–water partition coefficient (Wildman–Crippen LogP) is 3.83. The predicted molar refractivity (Wildman–Crippen MR) is 116 cm³/mol. The lowest BCUT2D eigenvalue weighted by atomic mass is 10.1. The van der Waals surface area contributed by atoms with Gasteiger partial charge in [-0.1, -0.05) is 0 Å². The summed E-state index contributed by atoms with van der Waals surface area (Å²) in [7, 11) is 4.39. The van der Waals surface area contributed by atoms with Crippen LogP contribution in [0.5, 0.6) is 0 Å². The number of hydrogen-bond donors (Lipinski definition) is 2. The maximum Gasteiger partial charge on any atom is 0.308 e. The summed E-state index contributed by atoms with van der Waals surface area (Å²) in [5, 5.41) is 25.3. The first-order valence-corrected chi connectivity index (χ1v) is 9.37. The molecule has 0 aliphatic rings. The van der Waals surface area contributed by atoms with E-state index in [2.05, 4.69) is 10.2 Å². The Bertz CT molecular complexity index is 1280. The molecule has 0 aliphatic carbocycles. The summed E-state index contributed by atoms with van der Waals surface area (Å²) in [6.45, 7) is 0. The number of aromatic nitrogens is 4. The molecule has 0 atom stereocenters. The van der Waals surface area contributed by atoms with Crippen molar-refractivity contribution in [3.63, 3.8) is 0 Å². The zero-order chi connectivity index (χ0) is 25.6. The van der Waals surface area contributed by atoms with E-state index in [4.69, 9.17) is 10.8 Å². The fraction of sp³-hybridized carbons (Fsp3) is 0.143. The normalized spacial score (nSPS) is 10.1. The molecule has 4 rings (SSSR count). The number of nitro benzene ring substituents is 1. The van der Waals surface area contributed by atoms with Crippen LogP contribution in [-0.2, 0) is 14.1 Å². The molecule has 0 radical (unpaired) electrons. The fourth-order valence-electron chi connectivity index (χ4n) is 2.79. The van der Waals surface area contributed by atoms with Crippen LogP contribution in [0.1, 0.15) is 0 Å². The second-order valence-electron chi connectivity index (χ2n) is 6.71. The molecule has 0 saturated carbocycles. The van der Waals surface area contributed by atoms with Crippen molar-refractivity contribution in [2.45, 2.75) is 0 Å². The van der Waals surface area contributed by atoms with Gasteiger partial charge in [0.2, 0.25) is 5.82 Å². The molecule has 0 unspecified atom stereocenters. The molecule has 2 aromatic heterocycles. The van der Waals surface area contributed by atoms with E-state index in [0.717, 1.165) is 25.3 Å². The van der Waals surface area contributed by atoms with E-state index in [1.807, 2.05) is 0 Å². The van der Waals surface area contributed by atoms with Gasteiger partial charge < -0.3 is 10.8 Å². The van der Waals surface area contributed by atoms with Gasteiger partial charge in [0.05, 0.1) is 23.0 Å². The molecule has 0 fully saturated rings. The summed E-state index contributed by atoms with van der Waals surface area (Å²) in [6, 6.07) is 4.37. The van der Waals surface area contributed by atoms with Crippen LogP contribution in [0.25, 0.3) is 22.3 Å². The molecule has 3 N–H and O–H groups in total. The van der Waals surface area contributed by atoms with E-state index < -0.39 is 33.9 Å². The van der Waals surface area contributed by atoms with Gasteiger partial charge in [-0.15, -0.1) is 0 Å². The first-order chi connectivity index (χ1) is 16.1. The summed E-state index contributed by atoms with van der Waals surface area (Å²) in [5.74, 6) is -4.67. The second kappa shape index (κ2) is 11.0. The molecule has 0 amide bonds. The van der Waals surface area contributed by atoms with Crippen LogP contribution in [0.2, 0.25) is 0 Å². The Kier molecular flexibility index (Phi) is 8.45. The van der Waals surface area contributed by atoms with Crippen LogP contribution >= 0.6 is 0 Å². The van der Waals surface area contributed by atoms with Crippen molar-refractivity contribution < 1.29 is 27.6 Å². The van der Waals surface area contributed by atoms with Crippen LogP contribution in [0.15, 0.2) is 49.1 Å². The van der Waals surface area contributed by atoms with Crippen LogP contribution in [0.4, 0.5) is 28.9 Å². The van der Waals surface area contributed by atoms with Crippen LogP contribution in [0.3, 0.4) is 0 Å². The quantitative estimate of drug-likeness (QED) is 0.199. The number of anilines is 1. The largest absolute Gasteiger partial charge is 0.400 e. The summed E-state index contributed by atoms with van der Waals surface area (Å²) in [5.41, 5.74) is 6.14. The van der Waals surface area contributed by atoms with Crippen LogP contribution in [-0.4, -0.2) is 36.7 Å². The standard InChI is InChI=1S/C10H7F2N3O2.C10H9F2N3.CH4O/c1-14-5-7(4-13-14)6-2-8(11)10(12)9(3-6)15(16)17;1-15-5-7(4-14-15)6-2-8(11)10(12)9(13)3-6;1-2/h2-5H,1H3;2-5H,13H2,1H3;2H,1H3. The second-order valence-corrected chi connectivity index (χ2v) is 6.71. The molecule has 2 heterocycles. The smallest absolute Gasteiger partial charge is 0.308 e. The highest BCUT2D eigenvalue weighted by Gasteiger charge is 2.21. The lowest BCUT2D eigenvalue weighted by Crippen LogP contribution is -1.96. The van der Waals surface area contributed by atoms with Gasteiger partial charge in [0.15, 0.2) is 17.5 Å². The van der Waals surface area contributed by atoms with Gasteiger partial charge in [0, 0.05) is 50.8 Å². The Morgan fingerprint density at radius 3 is 1.65 bits per heavy atom. The average Bonchev–Trinajstić information content (AvgIpc) is 3.43. The van der Waals surface area contributed by atoms with E-state index in [1.165, 1.54) is 16.9 Å². The number of nitrogen functional groups attached to an aromatic ring is 1. The van der Waals surface area contributed by atoms with Crippen molar-refractivity contribution in [3.05, 3.63) is 82.4 Å². The summed E-state index contributed by atoms with van der Waals surface area (Å²) >= 11 is 0. The SMILES string of the molecule is CO.Cn1cc(-c2cc(F)c(F)c([N+](=O)[O-])c2)cn1.Cn1cc(-c2cc(N)c(F)c(F)c2)cn1. The van der Waals surface area contributed by atoms with E-state index in [1.54, 1.807) is 37.4 Å². The van der Waals surface area contributed by atoms with Gasteiger partial charge in [0.1, 0.15) is 0 Å². The summed E-state index contributed by atoms with van der Waals surface area (Å²) < 4.78 is 55.3. The highest BCUT2D eigenvalue weighted by atomic mass is 19.2. The van der Waals surface area contributed by atoms with Crippen molar-refractivity contribution in [1.82, 2.24) is 19.6 Å². The lowest BCUT2D eigenvalue weighted by molar-refractivity contribution is -0.387. The summed E-state index contributed by atoms with van der Waals surface area (Å²) in [6.07, 6.45) is 6.23. The molecule has 4 aromatic rings. The zero-order valence-electron chi connectivity index (χ0n) is 18.2. The van der Waals surface area contributed by atoms with E-state index in [9.17, 15) is 27.7 Å². The third-order valence-electron chi connectivity index (χ3n) is 4.34. The molecule has 0 bridgehead atoms. The van der Waals surface area contributed by atoms with Crippen LogP contribution < -0.4 is 5.73 Å². The number of aliphatic hydroxyl groups is 1. The number of halogens is 4. The first kappa shape index (κ1) is 26.0. The van der Waals surface area contributed by atoms with Gasteiger partial charge in [-0.25, -0.2) is 13.2 Å². The summed E-state index contributed by atoms with van der Waals surface area (Å²) in [4.78, 5) is 9.58. The van der Waals surface area contributed by atoms with Crippen molar-refractivity contribution >= 4 is 11.4 Å². The first-order valence-electron chi connectivity index (χ1n) is 9.37. The monoisotopic (exact) mass is 480 g/mol. The molecule has 2 aromatic carbocycles. The maximum atomic E-state index is 13.2.